The van der Waals surface area contributed by atoms with E-state index >= 15 is 0 Å². The topological polar surface area (TPSA) is 55.1 Å². The first kappa shape index (κ1) is 14.3. The van der Waals surface area contributed by atoms with Crippen LogP contribution in [0.2, 0.25) is 0 Å². The van der Waals surface area contributed by atoms with Gasteiger partial charge in [-0.15, -0.1) is 12.4 Å². The molecule has 0 aliphatic heterocycles. The molecule has 1 amide bonds. The van der Waals surface area contributed by atoms with Gasteiger partial charge >= 0.3 is 0 Å². The molecule has 0 aromatic rings. The molecule has 0 heterocycles. The number of rotatable bonds is 5. The first-order valence-corrected chi connectivity index (χ1v) is 4.25. The van der Waals surface area contributed by atoms with Crippen molar-refractivity contribution in [1.29, 1.82) is 0 Å². The van der Waals surface area contributed by atoms with E-state index in [-0.39, 0.29) is 24.4 Å². The fraction of sp³-hybridized carbons (Fsp3) is 0.875. The number of hydrogen-bond donors (Lipinski definition) is 2. The highest BCUT2D eigenvalue weighted by atomic mass is 35.5. The zero-order valence-corrected chi connectivity index (χ0v) is 8.62. The Labute approximate surface area is 80.5 Å². The highest BCUT2D eigenvalue weighted by Crippen LogP contribution is 1.87. The number of amides is 1. The third kappa shape index (κ3) is 6.43. The summed E-state index contributed by atoms with van der Waals surface area (Å²) in [5.74, 6) is -0.0269. The molecular weight excluding hydrogens is 176 g/mol. The van der Waals surface area contributed by atoms with E-state index in [0.29, 0.717) is 6.42 Å². The van der Waals surface area contributed by atoms with Crippen LogP contribution in [0.1, 0.15) is 33.1 Å². The van der Waals surface area contributed by atoms with Crippen LogP contribution in [0, 0.1) is 0 Å². The second kappa shape index (κ2) is 8.81. The fourth-order valence-corrected chi connectivity index (χ4v) is 0.705. The summed E-state index contributed by atoms with van der Waals surface area (Å²) in [6.45, 7) is 4.75. The Morgan fingerprint density at radius 3 is 2.50 bits per heavy atom. The smallest absolute Gasteiger partial charge is 0.236 e. The number of nitrogens with one attached hydrogen (secondary N) is 1. The molecular formula is C8H19ClN2O. The molecule has 0 aliphatic rings. The van der Waals surface area contributed by atoms with E-state index in [9.17, 15) is 4.79 Å². The van der Waals surface area contributed by atoms with E-state index in [1.165, 1.54) is 0 Å². The van der Waals surface area contributed by atoms with Gasteiger partial charge in [0.15, 0.2) is 0 Å². The molecule has 3 N–H and O–H groups in total. The third-order valence-corrected chi connectivity index (χ3v) is 1.61. The molecule has 0 spiro atoms. The third-order valence-electron chi connectivity index (χ3n) is 1.61. The van der Waals surface area contributed by atoms with Crippen molar-refractivity contribution in [2.75, 3.05) is 6.54 Å². The van der Waals surface area contributed by atoms with Crippen LogP contribution in [-0.4, -0.2) is 18.5 Å². The summed E-state index contributed by atoms with van der Waals surface area (Å²) in [7, 11) is 0. The molecule has 0 bridgehead atoms. The monoisotopic (exact) mass is 194 g/mol. The summed E-state index contributed by atoms with van der Waals surface area (Å²) in [6.07, 6.45) is 2.84. The van der Waals surface area contributed by atoms with Crippen LogP contribution in [0.25, 0.3) is 0 Å². The number of unbranched alkanes of at least 4 members (excludes halogenated alkanes) is 1. The summed E-state index contributed by atoms with van der Waals surface area (Å²) >= 11 is 0. The maximum Gasteiger partial charge on any atom is 0.236 e. The van der Waals surface area contributed by atoms with Gasteiger partial charge in [-0.1, -0.05) is 20.3 Å². The van der Waals surface area contributed by atoms with Gasteiger partial charge in [-0.25, -0.2) is 0 Å². The largest absolute Gasteiger partial charge is 0.355 e. The van der Waals surface area contributed by atoms with E-state index in [0.717, 1.165) is 19.4 Å². The lowest BCUT2D eigenvalue weighted by atomic mass is 10.2. The van der Waals surface area contributed by atoms with Gasteiger partial charge in [0, 0.05) is 6.54 Å². The second-order valence-corrected chi connectivity index (χ2v) is 2.66. The van der Waals surface area contributed by atoms with Crippen LogP contribution < -0.4 is 11.1 Å². The number of hydrogen-bond acceptors (Lipinski definition) is 2. The molecule has 12 heavy (non-hydrogen) atoms. The van der Waals surface area contributed by atoms with Gasteiger partial charge in [0.1, 0.15) is 0 Å². The molecule has 3 nitrogen and oxygen atoms in total. The minimum absolute atomic E-state index is 0. The second-order valence-electron chi connectivity index (χ2n) is 2.66. The van der Waals surface area contributed by atoms with Crippen molar-refractivity contribution in [3.8, 4) is 0 Å². The van der Waals surface area contributed by atoms with Gasteiger partial charge in [0.25, 0.3) is 0 Å². The maximum absolute atomic E-state index is 11.0. The van der Waals surface area contributed by atoms with Crippen molar-refractivity contribution in [3.05, 3.63) is 0 Å². The Kier molecular flexibility index (Phi) is 10.5. The van der Waals surface area contributed by atoms with E-state index in [1.54, 1.807) is 0 Å². The zero-order chi connectivity index (χ0) is 8.69. The molecule has 0 unspecified atom stereocenters. The number of nitrogens with two attached hydrogens (primary N) is 1. The Morgan fingerprint density at radius 1 is 1.50 bits per heavy atom. The van der Waals surface area contributed by atoms with E-state index < -0.39 is 0 Å². The summed E-state index contributed by atoms with van der Waals surface area (Å²) in [5.41, 5.74) is 5.49. The standard InChI is InChI=1S/C8H18N2O.ClH/c1-3-5-6-10-8(11)7(9)4-2;/h7H,3-6,9H2,1-2H3,(H,10,11);1H/t7-;/m1./s1. The number of halogens is 1. The minimum atomic E-state index is -0.327. The molecule has 0 aromatic carbocycles. The minimum Gasteiger partial charge on any atom is -0.355 e. The van der Waals surface area contributed by atoms with Crippen molar-refractivity contribution in [3.63, 3.8) is 0 Å². The lowest BCUT2D eigenvalue weighted by Gasteiger charge is -2.08. The molecule has 1 atom stereocenters. The van der Waals surface area contributed by atoms with Crippen molar-refractivity contribution < 1.29 is 4.79 Å². The predicted octanol–water partition coefficient (Wildman–Crippen LogP) is 1.06. The van der Waals surface area contributed by atoms with Gasteiger partial charge in [-0.05, 0) is 12.8 Å². The predicted molar refractivity (Wildman–Crippen MR) is 53.4 cm³/mol. The van der Waals surface area contributed by atoms with Gasteiger partial charge < -0.3 is 11.1 Å². The first-order valence-electron chi connectivity index (χ1n) is 4.25. The van der Waals surface area contributed by atoms with Crippen LogP contribution in [0.5, 0.6) is 0 Å². The molecule has 0 radical (unpaired) electrons. The van der Waals surface area contributed by atoms with Gasteiger partial charge in [-0.3, -0.25) is 4.79 Å². The van der Waals surface area contributed by atoms with Gasteiger partial charge in [0.2, 0.25) is 5.91 Å². The molecule has 4 heteroatoms. The molecule has 0 aromatic heterocycles. The Morgan fingerprint density at radius 2 is 2.08 bits per heavy atom. The maximum atomic E-state index is 11.0. The van der Waals surface area contributed by atoms with E-state index in [2.05, 4.69) is 12.2 Å². The van der Waals surface area contributed by atoms with Crippen molar-refractivity contribution in [2.24, 2.45) is 5.73 Å². The van der Waals surface area contributed by atoms with Gasteiger partial charge in [0.05, 0.1) is 6.04 Å². The lowest BCUT2D eigenvalue weighted by molar-refractivity contribution is -0.122. The summed E-state index contributed by atoms with van der Waals surface area (Å²) < 4.78 is 0. The quantitative estimate of drug-likeness (QED) is 0.644. The SMILES string of the molecule is CCCCNC(=O)[C@H](N)CC.Cl. The molecule has 0 saturated carbocycles. The average molecular weight is 195 g/mol. The molecule has 0 fully saturated rings. The van der Waals surface area contributed by atoms with E-state index in [1.807, 2.05) is 6.92 Å². The van der Waals surface area contributed by atoms with E-state index in [4.69, 9.17) is 5.73 Å². The summed E-state index contributed by atoms with van der Waals surface area (Å²) in [4.78, 5) is 11.0. The van der Waals surface area contributed by atoms with Crippen molar-refractivity contribution in [1.82, 2.24) is 5.32 Å². The highest BCUT2D eigenvalue weighted by Gasteiger charge is 2.08. The van der Waals surface area contributed by atoms with Crippen molar-refractivity contribution >= 4 is 18.3 Å². The Balaban J connectivity index is 0. The number of carbonyl (C=O) groups excluding carboxylic acids is 1. The van der Waals surface area contributed by atoms with Crippen LogP contribution in [-0.2, 0) is 4.79 Å². The molecule has 0 aliphatic carbocycles. The average Bonchev–Trinajstić information content (AvgIpc) is 2.03. The normalized spacial score (nSPS) is 11.6. The zero-order valence-electron chi connectivity index (χ0n) is 7.80. The Bertz CT molecular complexity index is 120. The molecule has 0 saturated heterocycles. The Hall–Kier alpha value is -0.280. The fourth-order valence-electron chi connectivity index (χ4n) is 0.705. The first-order chi connectivity index (χ1) is 5.22. The highest BCUT2D eigenvalue weighted by molar-refractivity contribution is 5.85. The van der Waals surface area contributed by atoms with Gasteiger partial charge in [-0.2, -0.15) is 0 Å². The van der Waals surface area contributed by atoms with Crippen LogP contribution >= 0.6 is 12.4 Å². The summed E-state index contributed by atoms with van der Waals surface area (Å²) in [5, 5.41) is 2.77. The van der Waals surface area contributed by atoms with Crippen molar-refractivity contribution in [2.45, 2.75) is 39.2 Å². The van der Waals surface area contributed by atoms with Crippen LogP contribution in [0.15, 0.2) is 0 Å². The van der Waals surface area contributed by atoms with Crippen LogP contribution in [0.4, 0.5) is 0 Å². The summed E-state index contributed by atoms with van der Waals surface area (Å²) in [6, 6.07) is -0.327. The molecule has 74 valence electrons. The van der Waals surface area contributed by atoms with Crippen LogP contribution in [0.3, 0.4) is 0 Å². The lowest BCUT2D eigenvalue weighted by Crippen LogP contribution is -2.40. The number of carbonyl (C=O) groups is 1. The molecule has 0 rings (SSSR count).